The minimum Gasteiger partial charge on any atom is -0.330 e. The summed E-state index contributed by atoms with van der Waals surface area (Å²) in [5.74, 6) is -1.27. The Hall–Kier alpha value is -1.30. The maximum absolute atomic E-state index is 11.3. The van der Waals surface area contributed by atoms with Crippen molar-refractivity contribution < 1.29 is 9.59 Å². The van der Waals surface area contributed by atoms with Crippen molar-refractivity contribution in [2.75, 3.05) is 6.54 Å². The fourth-order valence-electron chi connectivity index (χ4n) is 0.975. The lowest BCUT2D eigenvalue weighted by Crippen LogP contribution is -2.37. The first-order valence-corrected chi connectivity index (χ1v) is 4.63. The highest BCUT2D eigenvalue weighted by atomic mass is 35.5. The number of carbonyl (C=O) groups is 2. The summed E-state index contributed by atoms with van der Waals surface area (Å²) in [5, 5.41) is 2.90. The first-order chi connectivity index (χ1) is 7.04. The molecule has 0 aromatic heterocycles. The van der Waals surface area contributed by atoms with E-state index < -0.39 is 17.9 Å². The van der Waals surface area contributed by atoms with Crippen molar-refractivity contribution in [2.45, 2.75) is 25.8 Å². The number of carbonyl (C=O) groups excluding carboxylic acids is 2. The number of amides is 2. The van der Waals surface area contributed by atoms with Crippen LogP contribution in [0.5, 0.6) is 0 Å². The average Bonchev–Trinajstić information content (AvgIpc) is 2.18. The van der Waals surface area contributed by atoms with E-state index in [0.29, 0.717) is 13.0 Å². The summed E-state index contributed by atoms with van der Waals surface area (Å²) in [4.78, 5) is 24.5. The van der Waals surface area contributed by atoms with Gasteiger partial charge in [-0.2, -0.15) is 0 Å². The molecule has 0 unspecified atom stereocenters. The minimum absolute atomic E-state index is 0.275. The molecular formula is C7H12ClN5O2. The first-order valence-electron chi connectivity index (χ1n) is 4.29. The molecule has 0 heterocycles. The Morgan fingerprint density at radius 2 is 2.27 bits per heavy atom. The van der Waals surface area contributed by atoms with Crippen LogP contribution in [0.1, 0.15) is 19.8 Å². The van der Waals surface area contributed by atoms with Crippen LogP contribution >= 0.6 is 11.8 Å². The van der Waals surface area contributed by atoms with Crippen LogP contribution in [0.25, 0.3) is 10.4 Å². The monoisotopic (exact) mass is 233 g/mol. The van der Waals surface area contributed by atoms with Crippen LogP contribution in [0.2, 0.25) is 0 Å². The lowest BCUT2D eigenvalue weighted by molar-refractivity contribution is -0.132. The molecule has 0 aromatic carbocycles. The van der Waals surface area contributed by atoms with Gasteiger partial charge in [-0.1, -0.05) is 0 Å². The highest BCUT2D eigenvalue weighted by Gasteiger charge is 2.25. The number of rotatable bonds is 5. The van der Waals surface area contributed by atoms with Gasteiger partial charge in [-0.05, 0) is 30.0 Å². The summed E-state index contributed by atoms with van der Waals surface area (Å²) >= 11 is 5.59. The zero-order valence-corrected chi connectivity index (χ0v) is 9.02. The molecule has 15 heavy (non-hydrogen) atoms. The molecule has 2 amide bonds. The molecule has 0 aliphatic heterocycles. The second kappa shape index (κ2) is 7.05. The van der Waals surface area contributed by atoms with Crippen molar-refractivity contribution in [1.82, 2.24) is 4.42 Å². The summed E-state index contributed by atoms with van der Waals surface area (Å²) in [5.41, 5.74) is 13.4. The Morgan fingerprint density at radius 1 is 1.67 bits per heavy atom. The molecule has 0 rings (SSSR count). The van der Waals surface area contributed by atoms with E-state index in [1.54, 1.807) is 0 Å². The number of nitrogens with two attached hydrogens (primary N) is 1. The minimum atomic E-state index is -0.941. The highest BCUT2D eigenvalue weighted by Crippen LogP contribution is 2.12. The molecule has 0 spiro atoms. The molecule has 0 aromatic rings. The van der Waals surface area contributed by atoms with E-state index in [0.717, 1.165) is 4.42 Å². The van der Waals surface area contributed by atoms with Gasteiger partial charge in [0.1, 0.15) is 6.04 Å². The van der Waals surface area contributed by atoms with E-state index in [-0.39, 0.29) is 6.42 Å². The predicted octanol–water partition coefficient (Wildman–Crippen LogP) is 0.933. The van der Waals surface area contributed by atoms with E-state index in [2.05, 4.69) is 10.0 Å². The second-order valence-corrected chi connectivity index (χ2v) is 3.17. The Balaban J connectivity index is 4.63. The van der Waals surface area contributed by atoms with Gasteiger partial charge >= 0.3 is 0 Å². The summed E-state index contributed by atoms with van der Waals surface area (Å²) in [6.07, 6.45) is 0.783. The number of hydrogen-bond acceptors (Lipinski definition) is 3. The van der Waals surface area contributed by atoms with Gasteiger partial charge in [-0.15, -0.1) is 0 Å². The maximum Gasteiger partial charge on any atom is 0.242 e. The van der Waals surface area contributed by atoms with Gasteiger partial charge < -0.3 is 5.73 Å². The quantitative estimate of drug-likeness (QED) is 0.330. The standard InChI is InChI=1S/C7H12ClN5O2/c1-5(14)13(8)6(3-2-4-9)7(15)11-12-10/h6H,2-4,9H2,1H3/t6-/m0/s1. The third-order valence-electron chi connectivity index (χ3n) is 1.68. The smallest absolute Gasteiger partial charge is 0.242 e. The van der Waals surface area contributed by atoms with Gasteiger partial charge in [0.15, 0.2) is 0 Å². The van der Waals surface area contributed by atoms with Crippen LogP contribution in [0, 0.1) is 0 Å². The van der Waals surface area contributed by atoms with Crippen LogP contribution in [0.15, 0.2) is 5.11 Å². The van der Waals surface area contributed by atoms with E-state index in [1.807, 2.05) is 0 Å². The van der Waals surface area contributed by atoms with Gasteiger partial charge in [0, 0.05) is 23.6 Å². The van der Waals surface area contributed by atoms with E-state index in [4.69, 9.17) is 23.0 Å². The SMILES string of the molecule is CC(=O)N(Cl)[C@@H](CCCN)C(=O)N=[N+]=[N-]. The van der Waals surface area contributed by atoms with Crippen molar-refractivity contribution >= 4 is 23.6 Å². The lowest BCUT2D eigenvalue weighted by Gasteiger charge is -2.20. The summed E-state index contributed by atoms with van der Waals surface area (Å²) in [6.45, 7) is 1.58. The second-order valence-electron chi connectivity index (χ2n) is 2.80. The Morgan fingerprint density at radius 3 is 2.67 bits per heavy atom. The van der Waals surface area contributed by atoms with Gasteiger partial charge in [0.05, 0.1) is 0 Å². The molecule has 1 atom stereocenters. The van der Waals surface area contributed by atoms with Crippen molar-refractivity contribution in [2.24, 2.45) is 10.8 Å². The largest absolute Gasteiger partial charge is 0.330 e. The normalized spacial score (nSPS) is 11.4. The van der Waals surface area contributed by atoms with Crippen LogP contribution in [0.3, 0.4) is 0 Å². The van der Waals surface area contributed by atoms with E-state index in [1.165, 1.54) is 6.92 Å². The Bertz CT molecular complexity index is 289. The molecule has 0 saturated carbocycles. The summed E-state index contributed by atoms with van der Waals surface area (Å²) in [6, 6.07) is -0.941. The first kappa shape index (κ1) is 13.7. The predicted molar refractivity (Wildman–Crippen MR) is 54.6 cm³/mol. The zero-order valence-electron chi connectivity index (χ0n) is 8.26. The van der Waals surface area contributed by atoms with Crippen molar-refractivity contribution in [3.05, 3.63) is 10.4 Å². The van der Waals surface area contributed by atoms with Crippen LogP contribution in [-0.4, -0.2) is 28.8 Å². The molecule has 0 fully saturated rings. The molecule has 7 nitrogen and oxygen atoms in total. The molecule has 2 N–H and O–H groups in total. The summed E-state index contributed by atoms with van der Waals surface area (Å²) in [7, 11) is 0. The third-order valence-corrected chi connectivity index (χ3v) is 2.16. The van der Waals surface area contributed by atoms with Gasteiger partial charge in [-0.25, -0.2) is 4.42 Å². The Labute approximate surface area is 91.9 Å². The van der Waals surface area contributed by atoms with E-state index in [9.17, 15) is 9.59 Å². The highest BCUT2D eigenvalue weighted by molar-refractivity contribution is 6.22. The molecule has 84 valence electrons. The fraction of sp³-hybridized carbons (Fsp3) is 0.714. The molecule has 0 bridgehead atoms. The fourth-order valence-corrected chi connectivity index (χ4v) is 1.16. The Kier molecular flexibility index (Phi) is 6.44. The van der Waals surface area contributed by atoms with Crippen molar-refractivity contribution in [3.8, 4) is 0 Å². The van der Waals surface area contributed by atoms with E-state index >= 15 is 0 Å². The average molecular weight is 234 g/mol. The lowest BCUT2D eigenvalue weighted by atomic mass is 10.1. The van der Waals surface area contributed by atoms with Gasteiger partial charge in [0.2, 0.25) is 11.8 Å². The molecule has 0 saturated heterocycles. The van der Waals surface area contributed by atoms with Crippen molar-refractivity contribution in [3.63, 3.8) is 0 Å². The number of azide groups is 1. The van der Waals surface area contributed by atoms with Crippen LogP contribution in [0.4, 0.5) is 0 Å². The van der Waals surface area contributed by atoms with Crippen LogP contribution < -0.4 is 5.73 Å². The number of hydrogen-bond donors (Lipinski definition) is 1. The molecule has 0 aliphatic carbocycles. The van der Waals surface area contributed by atoms with Gasteiger partial charge in [0.25, 0.3) is 0 Å². The molecular weight excluding hydrogens is 222 g/mol. The number of halogens is 1. The van der Waals surface area contributed by atoms with Gasteiger partial charge in [-0.3, -0.25) is 9.59 Å². The molecule has 8 heteroatoms. The maximum atomic E-state index is 11.3. The van der Waals surface area contributed by atoms with Crippen molar-refractivity contribution in [1.29, 1.82) is 0 Å². The molecule has 0 aliphatic rings. The zero-order chi connectivity index (χ0) is 11.8. The molecule has 0 radical (unpaired) electrons. The van der Waals surface area contributed by atoms with Crippen LogP contribution in [-0.2, 0) is 9.59 Å². The number of nitrogens with zero attached hydrogens (tertiary/aromatic N) is 4. The third kappa shape index (κ3) is 4.64. The topological polar surface area (TPSA) is 112 Å². The summed E-state index contributed by atoms with van der Waals surface area (Å²) < 4.78 is 0.729.